The van der Waals surface area contributed by atoms with Crippen LogP contribution in [0.3, 0.4) is 0 Å². The van der Waals surface area contributed by atoms with Crippen LogP contribution in [0.5, 0.6) is 0 Å². The van der Waals surface area contributed by atoms with Gasteiger partial charge in [0.1, 0.15) is 18.7 Å². The molecule has 2 amide bonds. The monoisotopic (exact) mass is 569 g/mol. The summed E-state index contributed by atoms with van der Waals surface area (Å²) in [5.41, 5.74) is 5.49. The molecule has 2 heterocycles. The molecular formula is C33H35N3O6. The van der Waals surface area contributed by atoms with E-state index in [1.807, 2.05) is 78.7 Å². The highest BCUT2D eigenvalue weighted by Gasteiger charge is 2.51. The first-order valence-electron chi connectivity index (χ1n) is 14.4. The van der Waals surface area contributed by atoms with E-state index in [4.69, 9.17) is 9.47 Å². The summed E-state index contributed by atoms with van der Waals surface area (Å²) in [7, 11) is 1.87. The van der Waals surface area contributed by atoms with Crippen molar-refractivity contribution in [1.29, 1.82) is 0 Å². The normalized spacial score (nSPS) is 21.5. The highest BCUT2D eigenvalue weighted by Crippen LogP contribution is 2.44. The Balaban J connectivity index is 1.19. The molecule has 0 spiro atoms. The van der Waals surface area contributed by atoms with Crippen LogP contribution in [0.2, 0.25) is 0 Å². The molecule has 4 unspecified atom stereocenters. The summed E-state index contributed by atoms with van der Waals surface area (Å²) in [5.74, 6) is -1.63. The first kappa shape index (κ1) is 27.9. The molecule has 9 nitrogen and oxygen atoms in total. The maximum Gasteiger partial charge on any atom is 0.407 e. The SMILES string of the molecule is CN(Cc1ccccc1)CC(NC(=O)OCC1c2ccccc2-c2ccccc21)C(=O)N1C(C(=O)O)CC2OCCC21. The quantitative estimate of drug-likeness (QED) is 0.403. The van der Waals surface area contributed by atoms with Crippen LogP contribution >= 0.6 is 0 Å². The number of carbonyl (C=O) groups excluding carboxylic acids is 2. The number of hydrogen-bond acceptors (Lipinski definition) is 6. The number of ether oxygens (including phenoxy) is 2. The lowest BCUT2D eigenvalue weighted by atomic mass is 9.98. The number of amides is 2. The number of carbonyl (C=O) groups is 3. The van der Waals surface area contributed by atoms with Crippen molar-refractivity contribution in [3.8, 4) is 11.1 Å². The van der Waals surface area contributed by atoms with E-state index in [9.17, 15) is 19.5 Å². The summed E-state index contributed by atoms with van der Waals surface area (Å²) < 4.78 is 11.5. The fourth-order valence-corrected chi connectivity index (χ4v) is 6.70. The van der Waals surface area contributed by atoms with Crippen LogP contribution in [0.1, 0.15) is 35.4 Å². The van der Waals surface area contributed by atoms with Gasteiger partial charge in [0.05, 0.1) is 12.1 Å². The van der Waals surface area contributed by atoms with Gasteiger partial charge in [0.2, 0.25) is 5.91 Å². The second kappa shape index (κ2) is 12.0. The number of nitrogens with one attached hydrogen (secondary N) is 1. The molecular weight excluding hydrogens is 534 g/mol. The maximum atomic E-state index is 14.0. The summed E-state index contributed by atoms with van der Waals surface area (Å²) in [5, 5.41) is 12.7. The molecule has 3 aromatic carbocycles. The topological polar surface area (TPSA) is 108 Å². The van der Waals surface area contributed by atoms with Crippen LogP contribution < -0.4 is 5.32 Å². The van der Waals surface area contributed by atoms with Crippen LogP contribution in [0, 0.1) is 0 Å². The van der Waals surface area contributed by atoms with Gasteiger partial charge in [0.25, 0.3) is 0 Å². The molecule has 4 atom stereocenters. The van der Waals surface area contributed by atoms with Gasteiger partial charge in [-0.25, -0.2) is 9.59 Å². The molecule has 2 aliphatic heterocycles. The van der Waals surface area contributed by atoms with E-state index in [0.717, 1.165) is 27.8 Å². The van der Waals surface area contributed by atoms with E-state index >= 15 is 0 Å². The summed E-state index contributed by atoms with van der Waals surface area (Å²) in [6.45, 7) is 1.32. The van der Waals surface area contributed by atoms with E-state index in [1.165, 1.54) is 4.90 Å². The van der Waals surface area contributed by atoms with E-state index < -0.39 is 30.1 Å². The minimum Gasteiger partial charge on any atom is -0.480 e. The maximum absolute atomic E-state index is 14.0. The van der Waals surface area contributed by atoms with Gasteiger partial charge in [-0.3, -0.25) is 9.69 Å². The second-order valence-electron chi connectivity index (χ2n) is 11.3. The predicted octanol–water partition coefficient (Wildman–Crippen LogP) is 3.87. The summed E-state index contributed by atoms with van der Waals surface area (Å²) in [6, 6.07) is 23.7. The molecule has 3 aliphatic rings. The molecule has 2 N–H and O–H groups in total. The Bertz CT molecular complexity index is 1420. The number of carboxylic acid groups (broad SMARTS) is 1. The van der Waals surface area contributed by atoms with Crippen molar-refractivity contribution < 1.29 is 29.0 Å². The lowest BCUT2D eigenvalue weighted by Crippen LogP contribution is -2.57. The van der Waals surface area contributed by atoms with Gasteiger partial charge in [0.15, 0.2) is 0 Å². The average molecular weight is 570 g/mol. The van der Waals surface area contributed by atoms with Crippen molar-refractivity contribution in [2.75, 3.05) is 26.8 Å². The highest BCUT2D eigenvalue weighted by molar-refractivity contribution is 5.90. The number of rotatable bonds is 9. The molecule has 9 heteroatoms. The Hall–Kier alpha value is -4.21. The number of likely N-dealkylation sites (N-methyl/N-ethyl adjacent to an activating group) is 1. The van der Waals surface area contributed by atoms with Crippen molar-refractivity contribution in [3.05, 3.63) is 95.6 Å². The number of fused-ring (bicyclic) bond motifs is 4. The first-order chi connectivity index (χ1) is 20.4. The molecule has 3 aromatic rings. The number of aliphatic carboxylic acids is 1. The molecule has 0 bridgehead atoms. The number of benzene rings is 3. The van der Waals surface area contributed by atoms with E-state index in [0.29, 0.717) is 19.6 Å². The molecule has 2 saturated heterocycles. The minimum absolute atomic E-state index is 0.112. The van der Waals surface area contributed by atoms with Gasteiger partial charge < -0.3 is 24.8 Å². The average Bonchev–Trinajstić information content (AvgIpc) is 3.68. The third kappa shape index (κ3) is 5.49. The Morgan fingerprint density at radius 3 is 2.31 bits per heavy atom. The largest absolute Gasteiger partial charge is 0.480 e. The smallest absolute Gasteiger partial charge is 0.407 e. The van der Waals surface area contributed by atoms with Crippen molar-refractivity contribution in [1.82, 2.24) is 15.1 Å². The predicted molar refractivity (Wildman–Crippen MR) is 156 cm³/mol. The number of nitrogens with zero attached hydrogens (tertiary/aromatic N) is 2. The summed E-state index contributed by atoms with van der Waals surface area (Å²) >= 11 is 0. The fourth-order valence-electron chi connectivity index (χ4n) is 6.70. The minimum atomic E-state index is -1.07. The van der Waals surface area contributed by atoms with Crippen molar-refractivity contribution >= 4 is 18.0 Å². The van der Waals surface area contributed by atoms with Crippen LogP contribution in [0.4, 0.5) is 4.79 Å². The number of carboxylic acids is 1. The highest BCUT2D eigenvalue weighted by atomic mass is 16.5. The first-order valence-corrected chi connectivity index (χ1v) is 14.4. The van der Waals surface area contributed by atoms with Gasteiger partial charge in [0, 0.05) is 32.0 Å². The number of hydrogen-bond donors (Lipinski definition) is 2. The van der Waals surface area contributed by atoms with Crippen molar-refractivity contribution in [2.24, 2.45) is 0 Å². The molecule has 6 rings (SSSR count). The third-order valence-electron chi connectivity index (χ3n) is 8.59. The van der Waals surface area contributed by atoms with E-state index in [2.05, 4.69) is 17.4 Å². The summed E-state index contributed by atoms with van der Waals surface area (Å²) in [4.78, 5) is 42.8. The van der Waals surface area contributed by atoms with Gasteiger partial charge in [-0.1, -0.05) is 78.9 Å². The summed E-state index contributed by atoms with van der Waals surface area (Å²) in [6.07, 6.45) is -0.221. The molecule has 42 heavy (non-hydrogen) atoms. The van der Waals surface area contributed by atoms with Gasteiger partial charge >= 0.3 is 12.1 Å². The van der Waals surface area contributed by atoms with Crippen LogP contribution in [-0.2, 0) is 25.6 Å². The molecule has 218 valence electrons. The second-order valence-corrected chi connectivity index (χ2v) is 11.3. The van der Waals surface area contributed by atoms with Crippen LogP contribution in [0.15, 0.2) is 78.9 Å². The van der Waals surface area contributed by atoms with Crippen LogP contribution in [-0.4, -0.2) is 83.9 Å². The zero-order valence-electron chi connectivity index (χ0n) is 23.5. The number of alkyl carbamates (subject to hydrolysis) is 1. The van der Waals surface area contributed by atoms with Crippen molar-refractivity contribution in [2.45, 2.75) is 49.5 Å². The third-order valence-corrected chi connectivity index (χ3v) is 8.59. The van der Waals surface area contributed by atoms with Crippen LogP contribution in [0.25, 0.3) is 11.1 Å². The molecule has 0 radical (unpaired) electrons. The molecule has 2 fully saturated rings. The lowest BCUT2D eigenvalue weighted by Gasteiger charge is -2.32. The Kier molecular flexibility index (Phi) is 7.95. The molecule has 0 saturated carbocycles. The fraction of sp³-hybridized carbons (Fsp3) is 0.364. The standard InChI is InChI=1S/C33H35N3O6/c1-35(18-21-9-3-2-4-10-21)19-27(31(37)36-28-15-16-41-30(28)17-29(36)32(38)39)34-33(40)42-20-26-24-13-7-5-11-22(24)23-12-6-8-14-25(23)26/h2-14,26-30H,15-20H2,1H3,(H,34,40)(H,38,39). The lowest BCUT2D eigenvalue weighted by molar-refractivity contribution is -0.150. The molecule has 1 aliphatic carbocycles. The Morgan fingerprint density at radius 2 is 1.64 bits per heavy atom. The number of likely N-dealkylation sites (tertiary alicyclic amines) is 1. The Morgan fingerprint density at radius 1 is 1.00 bits per heavy atom. The van der Waals surface area contributed by atoms with Gasteiger partial charge in [-0.2, -0.15) is 0 Å². The van der Waals surface area contributed by atoms with E-state index in [1.54, 1.807) is 0 Å². The molecule has 0 aromatic heterocycles. The van der Waals surface area contributed by atoms with Crippen molar-refractivity contribution in [3.63, 3.8) is 0 Å². The Labute approximate surface area is 245 Å². The zero-order valence-corrected chi connectivity index (χ0v) is 23.5. The van der Waals surface area contributed by atoms with Gasteiger partial charge in [-0.15, -0.1) is 0 Å². The van der Waals surface area contributed by atoms with E-state index in [-0.39, 0.29) is 37.6 Å². The zero-order chi connectivity index (χ0) is 29.2. The van der Waals surface area contributed by atoms with Gasteiger partial charge in [-0.05, 0) is 41.3 Å².